The maximum atomic E-state index is 12.2. The van der Waals surface area contributed by atoms with Crippen LogP contribution in [0, 0.1) is 17.0 Å². The minimum Gasteiger partial charge on any atom is -0.506 e. The van der Waals surface area contributed by atoms with Gasteiger partial charge in [0.1, 0.15) is 5.75 Å². The number of hydrogen-bond donors (Lipinski definition) is 2. The first-order valence-electron chi connectivity index (χ1n) is 5.94. The Kier molecular flexibility index (Phi) is 4.09. The van der Waals surface area contributed by atoms with E-state index in [1.165, 1.54) is 43.3 Å². The number of carbonyl (C=O) groups excluding carboxylic acids is 1. The zero-order valence-corrected chi connectivity index (χ0v) is 11.7. The van der Waals surface area contributed by atoms with Gasteiger partial charge in [-0.3, -0.25) is 14.9 Å². The van der Waals surface area contributed by atoms with Crippen LogP contribution < -0.4 is 5.32 Å². The van der Waals surface area contributed by atoms with Crippen LogP contribution in [-0.4, -0.2) is 15.9 Å². The predicted molar refractivity (Wildman–Crippen MR) is 78.9 cm³/mol. The average molecular weight is 307 g/mol. The van der Waals surface area contributed by atoms with Crippen molar-refractivity contribution in [3.05, 3.63) is 62.7 Å². The highest BCUT2D eigenvalue weighted by atomic mass is 35.5. The molecule has 0 bridgehead atoms. The molecule has 6 nitrogen and oxygen atoms in total. The van der Waals surface area contributed by atoms with Gasteiger partial charge in [0.15, 0.2) is 0 Å². The van der Waals surface area contributed by atoms with Crippen LogP contribution in [0.15, 0.2) is 36.4 Å². The number of anilines is 1. The van der Waals surface area contributed by atoms with E-state index in [1.54, 1.807) is 0 Å². The highest BCUT2D eigenvalue weighted by Gasteiger charge is 2.18. The topological polar surface area (TPSA) is 92.5 Å². The summed E-state index contributed by atoms with van der Waals surface area (Å²) in [5.41, 5.74) is 0.748. The Morgan fingerprint density at radius 3 is 2.67 bits per heavy atom. The molecular formula is C14H11ClN2O4. The normalized spacial score (nSPS) is 10.2. The molecule has 2 aromatic rings. The number of amides is 1. The number of carbonyl (C=O) groups is 1. The highest BCUT2D eigenvalue weighted by molar-refractivity contribution is 6.32. The van der Waals surface area contributed by atoms with Crippen LogP contribution in [0.4, 0.5) is 11.4 Å². The summed E-state index contributed by atoms with van der Waals surface area (Å²) in [6.07, 6.45) is 0. The molecule has 0 fully saturated rings. The van der Waals surface area contributed by atoms with Gasteiger partial charge in [-0.1, -0.05) is 17.7 Å². The van der Waals surface area contributed by atoms with Crippen molar-refractivity contribution in [1.82, 2.24) is 0 Å². The number of aromatic hydroxyl groups is 1. The fourth-order valence-corrected chi connectivity index (χ4v) is 2.03. The standard InChI is InChI=1S/C14H11ClN2O4/c1-8-10(3-2-4-12(8)17(20)21)14(19)16-9-5-6-13(18)11(15)7-9/h2-7,18H,1H3,(H,16,19). The summed E-state index contributed by atoms with van der Waals surface area (Å²) in [5.74, 6) is -0.584. The van der Waals surface area contributed by atoms with Gasteiger partial charge in [0, 0.05) is 22.9 Å². The largest absolute Gasteiger partial charge is 0.506 e. The molecule has 0 aliphatic rings. The second-order valence-corrected chi connectivity index (χ2v) is 4.73. The van der Waals surface area contributed by atoms with Gasteiger partial charge < -0.3 is 10.4 Å². The monoisotopic (exact) mass is 306 g/mol. The highest BCUT2D eigenvalue weighted by Crippen LogP contribution is 2.27. The van der Waals surface area contributed by atoms with E-state index in [0.29, 0.717) is 5.69 Å². The lowest BCUT2D eigenvalue weighted by Crippen LogP contribution is -2.14. The van der Waals surface area contributed by atoms with E-state index in [0.717, 1.165) is 0 Å². The summed E-state index contributed by atoms with van der Waals surface area (Å²) in [7, 11) is 0. The Labute approximate surface area is 125 Å². The molecule has 0 heterocycles. The number of nitro groups is 1. The van der Waals surface area contributed by atoms with Crippen molar-refractivity contribution >= 4 is 28.9 Å². The number of nitro benzene ring substituents is 1. The second-order valence-electron chi connectivity index (χ2n) is 4.33. The molecule has 0 aliphatic heterocycles. The van der Waals surface area contributed by atoms with Gasteiger partial charge in [-0.15, -0.1) is 0 Å². The number of nitrogens with one attached hydrogen (secondary N) is 1. The minimum absolute atomic E-state index is 0.0961. The molecule has 7 heteroatoms. The van der Waals surface area contributed by atoms with E-state index in [9.17, 15) is 20.0 Å². The zero-order valence-electron chi connectivity index (χ0n) is 11.0. The van der Waals surface area contributed by atoms with Gasteiger partial charge in [-0.05, 0) is 31.2 Å². The summed E-state index contributed by atoms with van der Waals surface area (Å²) in [6, 6.07) is 8.50. The second kappa shape index (κ2) is 5.80. The summed E-state index contributed by atoms with van der Waals surface area (Å²) >= 11 is 5.75. The van der Waals surface area contributed by atoms with Crippen LogP contribution in [0.2, 0.25) is 5.02 Å². The van der Waals surface area contributed by atoms with Gasteiger partial charge >= 0.3 is 0 Å². The number of phenols is 1. The van der Waals surface area contributed by atoms with E-state index in [4.69, 9.17) is 11.6 Å². The van der Waals surface area contributed by atoms with Crippen molar-refractivity contribution in [1.29, 1.82) is 0 Å². The number of rotatable bonds is 3. The number of halogens is 1. The van der Waals surface area contributed by atoms with E-state index in [-0.39, 0.29) is 27.6 Å². The van der Waals surface area contributed by atoms with E-state index >= 15 is 0 Å². The molecule has 0 radical (unpaired) electrons. The molecular weight excluding hydrogens is 296 g/mol. The Morgan fingerprint density at radius 1 is 1.33 bits per heavy atom. The number of hydrogen-bond acceptors (Lipinski definition) is 4. The molecule has 2 rings (SSSR count). The van der Waals surface area contributed by atoms with E-state index < -0.39 is 10.8 Å². The van der Waals surface area contributed by atoms with Crippen LogP contribution >= 0.6 is 11.6 Å². The Morgan fingerprint density at radius 2 is 2.05 bits per heavy atom. The molecule has 1 amide bonds. The molecule has 0 saturated carbocycles. The first kappa shape index (κ1) is 14.8. The van der Waals surface area contributed by atoms with Crippen LogP contribution in [-0.2, 0) is 0 Å². The van der Waals surface area contributed by atoms with Crippen LogP contribution in [0.25, 0.3) is 0 Å². The minimum atomic E-state index is -0.538. The third-order valence-corrected chi connectivity index (χ3v) is 3.25. The molecule has 0 spiro atoms. The number of phenolic OH excluding ortho intramolecular Hbond substituents is 1. The molecule has 2 N–H and O–H groups in total. The fraction of sp³-hybridized carbons (Fsp3) is 0.0714. The van der Waals surface area contributed by atoms with Crippen molar-refractivity contribution in [2.24, 2.45) is 0 Å². The Hall–Kier alpha value is -2.60. The Bertz CT molecular complexity index is 731. The molecule has 0 saturated heterocycles. The van der Waals surface area contributed by atoms with Gasteiger partial charge in [-0.2, -0.15) is 0 Å². The summed E-state index contributed by atoms with van der Waals surface area (Å²) in [5, 5.41) is 22.9. The zero-order chi connectivity index (χ0) is 15.6. The maximum absolute atomic E-state index is 12.2. The SMILES string of the molecule is Cc1c(C(=O)Nc2ccc(O)c(Cl)c2)cccc1[N+](=O)[O-]. The molecule has 0 aromatic heterocycles. The van der Waals surface area contributed by atoms with Crippen molar-refractivity contribution in [2.75, 3.05) is 5.32 Å². The van der Waals surface area contributed by atoms with Crippen LogP contribution in [0.5, 0.6) is 5.75 Å². The van der Waals surface area contributed by atoms with E-state index in [2.05, 4.69) is 5.32 Å². The van der Waals surface area contributed by atoms with E-state index in [1.807, 2.05) is 0 Å². The van der Waals surface area contributed by atoms with Crippen LogP contribution in [0.3, 0.4) is 0 Å². The first-order chi connectivity index (χ1) is 9.90. The quantitative estimate of drug-likeness (QED) is 0.515. The third kappa shape index (κ3) is 3.11. The van der Waals surface area contributed by atoms with Gasteiger partial charge in [0.05, 0.1) is 9.95 Å². The lowest BCUT2D eigenvalue weighted by atomic mass is 10.1. The third-order valence-electron chi connectivity index (χ3n) is 2.95. The summed E-state index contributed by atoms with van der Waals surface area (Å²) in [6.45, 7) is 1.51. The molecule has 21 heavy (non-hydrogen) atoms. The smallest absolute Gasteiger partial charge is 0.273 e. The molecule has 108 valence electrons. The molecule has 0 atom stereocenters. The van der Waals surface area contributed by atoms with Gasteiger partial charge in [-0.25, -0.2) is 0 Å². The van der Waals surface area contributed by atoms with Gasteiger partial charge in [0.25, 0.3) is 11.6 Å². The van der Waals surface area contributed by atoms with Crippen molar-refractivity contribution < 1.29 is 14.8 Å². The average Bonchev–Trinajstić information content (AvgIpc) is 2.42. The summed E-state index contributed by atoms with van der Waals surface area (Å²) in [4.78, 5) is 22.5. The van der Waals surface area contributed by atoms with Gasteiger partial charge in [0.2, 0.25) is 0 Å². The molecule has 0 aliphatic carbocycles. The van der Waals surface area contributed by atoms with Crippen molar-refractivity contribution in [3.63, 3.8) is 0 Å². The fourth-order valence-electron chi connectivity index (χ4n) is 1.85. The maximum Gasteiger partial charge on any atom is 0.273 e. The number of benzene rings is 2. The lowest BCUT2D eigenvalue weighted by Gasteiger charge is -2.08. The molecule has 0 unspecified atom stereocenters. The van der Waals surface area contributed by atoms with Crippen molar-refractivity contribution in [3.8, 4) is 5.75 Å². The number of nitrogens with zero attached hydrogens (tertiary/aromatic N) is 1. The predicted octanol–water partition coefficient (Wildman–Crippen LogP) is 3.51. The first-order valence-corrected chi connectivity index (χ1v) is 6.32. The van der Waals surface area contributed by atoms with Crippen molar-refractivity contribution in [2.45, 2.75) is 6.92 Å². The Balaban J connectivity index is 2.30. The molecule has 2 aromatic carbocycles. The lowest BCUT2D eigenvalue weighted by molar-refractivity contribution is -0.385. The van der Waals surface area contributed by atoms with Crippen LogP contribution in [0.1, 0.15) is 15.9 Å². The summed E-state index contributed by atoms with van der Waals surface area (Å²) < 4.78 is 0.